The normalized spacial score (nSPS) is 12.4. The van der Waals surface area contributed by atoms with Gasteiger partial charge >= 0.3 is 0 Å². The maximum Gasteiger partial charge on any atom is 0.243 e. The Morgan fingerprint density at radius 3 is 2.47 bits per heavy atom. The van der Waals surface area contributed by atoms with Gasteiger partial charge in [0.2, 0.25) is 10.0 Å². The van der Waals surface area contributed by atoms with E-state index in [1.165, 1.54) is 28.2 Å². The largest absolute Gasteiger partial charge is 0.316 e. The summed E-state index contributed by atoms with van der Waals surface area (Å²) in [5.41, 5.74) is 2.32. The number of rotatable bonds is 8. The second-order valence-corrected chi connectivity index (χ2v) is 10.4. The van der Waals surface area contributed by atoms with Crippen molar-refractivity contribution >= 4 is 44.4 Å². The molecule has 0 amide bonds. The first-order valence-electron chi connectivity index (χ1n) is 9.77. The molecule has 162 valence electrons. The van der Waals surface area contributed by atoms with E-state index in [9.17, 15) is 12.8 Å². The van der Waals surface area contributed by atoms with Crippen LogP contribution in [0.25, 0.3) is 11.0 Å². The van der Waals surface area contributed by atoms with E-state index >= 15 is 0 Å². The summed E-state index contributed by atoms with van der Waals surface area (Å²) in [7, 11) is -3.56. The molecule has 0 bridgehead atoms. The maximum atomic E-state index is 13.3. The van der Waals surface area contributed by atoms with Gasteiger partial charge in [0, 0.05) is 29.9 Å². The third-order valence-electron chi connectivity index (χ3n) is 4.86. The Bertz CT molecular complexity index is 1160. The molecule has 0 aliphatic carbocycles. The Morgan fingerprint density at radius 2 is 1.87 bits per heavy atom. The smallest absolute Gasteiger partial charge is 0.243 e. The Hall–Kier alpha value is -1.61. The van der Waals surface area contributed by atoms with Crippen molar-refractivity contribution in [1.29, 1.82) is 0 Å². The van der Waals surface area contributed by atoms with Gasteiger partial charge < -0.3 is 4.57 Å². The molecule has 1 heterocycles. The van der Waals surface area contributed by atoms with E-state index in [-0.39, 0.29) is 16.8 Å². The number of hydrogen-bond acceptors (Lipinski definition) is 4. The van der Waals surface area contributed by atoms with Crippen LogP contribution in [0.15, 0.2) is 46.5 Å². The first-order chi connectivity index (χ1) is 14.2. The standard InChI is InChI=1S/C21H25ClFN3O2S2/c1-5-25(6-2)30(27,28)17-9-10-20-19(12-17)24-21(26(20)14(3)4)29-13-15-7-8-16(23)11-18(15)22/h7-12,14H,5-6,13H2,1-4H3. The number of fused-ring (bicyclic) bond motifs is 1. The van der Waals surface area contributed by atoms with E-state index in [0.717, 1.165) is 16.2 Å². The molecule has 2 aromatic carbocycles. The van der Waals surface area contributed by atoms with E-state index in [4.69, 9.17) is 16.6 Å². The Balaban J connectivity index is 2.00. The van der Waals surface area contributed by atoms with E-state index < -0.39 is 10.0 Å². The second kappa shape index (κ2) is 9.26. The fraction of sp³-hybridized carbons (Fsp3) is 0.381. The predicted octanol–water partition coefficient (Wildman–Crippen LogP) is 5.73. The minimum atomic E-state index is -3.56. The lowest BCUT2D eigenvalue weighted by atomic mass is 10.2. The monoisotopic (exact) mass is 469 g/mol. The number of nitrogens with zero attached hydrogens (tertiary/aromatic N) is 3. The van der Waals surface area contributed by atoms with Crippen LogP contribution in [0.2, 0.25) is 5.02 Å². The molecular formula is C21H25ClFN3O2S2. The number of thioether (sulfide) groups is 1. The molecule has 0 saturated carbocycles. The number of hydrogen-bond donors (Lipinski definition) is 0. The summed E-state index contributed by atoms with van der Waals surface area (Å²) in [4.78, 5) is 4.95. The van der Waals surface area contributed by atoms with Crippen molar-refractivity contribution in [3.8, 4) is 0 Å². The van der Waals surface area contributed by atoms with Crippen LogP contribution in [0.1, 0.15) is 39.3 Å². The van der Waals surface area contributed by atoms with Crippen LogP contribution >= 0.6 is 23.4 Å². The molecule has 0 radical (unpaired) electrons. The highest BCUT2D eigenvalue weighted by molar-refractivity contribution is 7.98. The van der Waals surface area contributed by atoms with Crippen LogP contribution in [0.3, 0.4) is 0 Å². The third-order valence-corrected chi connectivity index (χ3v) is 8.26. The van der Waals surface area contributed by atoms with Crippen LogP contribution in [0.4, 0.5) is 4.39 Å². The van der Waals surface area contributed by atoms with Gasteiger partial charge in [-0.2, -0.15) is 4.31 Å². The Morgan fingerprint density at radius 1 is 1.17 bits per heavy atom. The summed E-state index contributed by atoms with van der Waals surface area (Å²) in [5, 5.41) is 1.14. The van der Waals surface area contributed by atoms with E-state index in [0.29, 0.717) is 29.4 Å². The highest BCUT2D eigenvalue weighted by atomic mass is 35.5. The zero-order chi connectivity index (χ0) is 22.1. The predicted molar refractivity (Wildman–Crippen MR) is 121 cm³/mol. The molecule has 0 spiro atoms. The van der Waals surface area contributed by atoms with Crippen molar-refractivity contribution in [2.45, 2.75) is 49.5 Å². The van der Waals surface area contributed by atoms with Crippen LogP contribution in [0.5, 0.6) is 0 Å². The van der Waals surface area contributed by atoms with Crippen molar-refractivity contribution in [2.24, 2.45) is 0 Å². The average Bonchev–Trinajstić information content (AvgIpc) is 3.05. The number of sulfonamides is 1. The molecule has 3 rings (SSSR count). The van der Waals surface area contributed by atoms with E-state index in [1.807, 2.05) is 19.9 Å². The second-order valence-electron chi connectivity index (χ2n) is 7.12. The molecule has 9 heteroatoms. The number of aromatic nitrogens is 2. The minimum Gasteiger partial charge on any atom is -0.316 e. The van der Waals surface area contributed by atoms with E-state index in [1.54, 1.807) is 18.2 Å². The summed E-state index contributed by atoms with van der Waals surface area (Å²) in [6.07, 6.45) is 0. The van der Waals surface area contributed by atoms with Gasteiger partial charge in [0.15, 0.2) is 5.16 Å². The first kappa shape index (κ1) is 23.1. The van der Waals surface area contributed by atoms with Gasteiger partial charge in [-0.05, 0) is 49.7 Å². The number of imidazole rings is 1. The van der Waals surface area contributed by atoms with Gasteiger partial charge in [-0.1, -0.05) is 43.3 Å². The Labute approximate surface area is 186 Å². The van der Waals surface area contributed by atoms with Crippen LogP contribution in [0, 0.1) is 5.82 Å². The van der Waals surface area contributed by atoms with Gasteiger partial charge in [-0.25, -0.2) is 17.8 Å². The lowest BCUT2D eigenvalue weighted by Gasteiger charge is -2.18. The molecule has 3 aromatic rings. The fourth-order valence-corrected chi connectivity index (χ4v) is 6.25. The van der Waals surface area contributed by atoms with Gasteiger partial charge in [0.05, 0.1) is 15.9 Å². The molecule has 0 unspecified atom stereocenters. The zero-order valence-electron chi connectivity index (χ0n) is 17.4. The molecule has 0 saturated heterocycles. The summed E-state index contributed by atoms with van der Waals surface area (Å²) < 4.78 is 42.6. The van der Waals surface area contributed by atoms with Gasteiger partial charge in [-0.15, -0.1) is 0 Å². The lowest BCUT2D eigenvalue weighted by Crippen LogP contribution is -2.30. The van der Waals surface area contributed by atoms with Crippen molar-refractivity contribution in [3.05, 3.63) is 52.8 Å². The molecule has 0 aliphatic rings. The highest BCUT2D eigenvalue weighted by Crippen LogP contribution is 2.33. The summed E-state index contributed by atoms with van der Waals surface area (Å²) in [6, 6.07) is 9.57. The SMILES string of the molecule is CCN(CC)S(=O)(=O)c1ccc2c(c1)nc(SCc1ccc(F)cc1Cl)n2C(C)C. The Kier molecular flexibility index (Phi) is 7.12. The van der Waals surface area contributed by atoms with Crippen molar-refractivity contribution in [3.63, 3.8) is 0 Å². The maximum absolute atomic E-state index is 13.3. The summed E-state index contributed by atoms with van der Waals surface area (Å²) in [5.74, 6) is 0.157. The topological polar surface area (TPSA) is 55.2 Å². The molecule has 0 fully saturated rings. The van der Waals surface area contributed by atoms with Crippen molar-refractivity contribution in [2.75, 3.05) is 13.1 Å². The fourth-order valence-electron chi connectivity index (χ4n) is 3.31. The third kappa shape index (κ3) is 4.51. The minimum absolute atomic E-state index is 0.131. The molecule has 1 aromatic heterocycles. The zero-order valence-corrected chi connectivity index (χ0v) is 19.8. The van der Waals surface area contributed by atoms with Crippen LogP contribution in [-0.4, -0.2) is 35.4 Å². The molecule has 0 N–H and O–H groups in total. The molecule has 0 aliphatic heterocycles. The molecule has 30 heavy (non-hydrogen) atoms. The first-order valence-corrected chi connectivity index (χ1v) is 12.6. The summed E-state index contributed by atoms with van der Waals surface area (Å²) in [6.45, 7) is 8.58. The molecule has 5 nitrogen and oxygen atoms in total. The number of halogens is 2. The number of benzene rings is 2. The quantitative estimate of drug-likeness (QED) is 0.395. The summed E-state index contributed by atoms with van der Waals surface area (Å²) >= 11 is 7.64. The van der Waals surface area contributed by atoms with Gasteiger partial charge in [0.25, 0.3) is 0 Å². The van der Waals surface area contributed by atoms with Crippen LogP contribution < -0.4 is 0 Å². The van der Waals surface area contributed by atoms with Crippen molar-refractivity contribution < 1.29 is 12.8 Å². The molecule has 0 atom stereocenters. The molecular weight excluding hydrogens is 445 g/mol. The van der Waals surface area contributed by atoms with Gasteiger partial charge in [0.1, 0.15) is 5.82 Å². The van der Waals surface area contributed by atoms with Gasteiger partial charge in [-0.3, -0.25) is 0 Å². The van der Waals surface area contributed by atoms with Crippen LogP contribution in [-0.2, 0) is 15.8 Å². The van der Waals surface area contributed by atoms with Crippen molar-refractivity contribution in [1.82, 2.24) is 13.9 Å². The lowest BCUT2D eigenvalue weighted by molar-refractivity contribution is 0.445. The average molecular weight is 470 g/mol. The highest BCUT2D eigenvalue weighted by Gasteiger charge is 2.23. The van der Waals surface area contributed by atoms with E-state index in [2.05, 4.69) is 18.4 Å².